The smallest absolute Gasteiger partial charge is 0.313 e. The highest BCUT2D eigenvalue weighted by Crippen LogP contribution is 2.74. The maximum Gasteiger partial charge on any atom is 0.313 e. The van der Waals surface area contributed by atoms with Gasteiger partial charge in [-0.1, -0.05) is 60.6 Å². The van der Waals surface area contributed by atoms with Gasteiger partial charge in [0.15, 0.2) is 12.6 Å². The minimum atomic E-state index is -1.70. The molecule has 0 bridgehead atoms. The lowest BCUT2D eigenvalue weighted by molar-refractivity contribution is -0.367. The summed E-state index contributed by atoms with van der Waals surface area (Å²) in [4.78, 5) is 13.0. The number of rotatable bonds is 6. The molecule has 0 spiro atoms. The lowest BCUT2D eigenvalue weighted by atomic mass is 9.35. The van der Waals surface area contributed by atoms with Gasteiger partial charge in [-0.25, -0.2) is 0 Å². The average Bonchev–Trinajstić information content (AvgIpc) is 3.08. The Morgan fingerprint density at radius 2 is 1.53 bits per heavy atom. The summed E-state index contributed by atoms with van der Waals surface area (Å²) >= 11 is 0. The van der Waals surface area contributed by atoms with Crippen LogP contribution < -0.4 is 0 Å². The molecule has 7 aliphatic rings. The maximum atomic E-state index is 13.0. The molecule has 16 atom stereocenters. The van der Waals surface area contributed by atoms with E-state index in [2.05, 4.69) is 60.6 Å². The van der Waals surface area contributed by atoms with E-state index in [0.29, 0.717) is 19.3 Å². The van der Waals surface area contributed by atoms with Gasteiger partial charge in [-0.2, -0.15) is 0 Å². The monoisotopic (exact) mass is 748 g/mol. The van der Waals surface area contributed by atoms with Gasteiger partial charge in [-0.05, 0) is 108 Å². The zero-order valence-electron chi connectivity index (χ0n) is 32.5. The van der Waals surface area contributed by atoms with Crippen molar-refractivity contribution in [1.29, 1.82) is 0 Å². The van der Waals surface area contributed by atoms with Crippen LogP contribution in [0.5, 0.6) is 0 Å². The molecule has 12 heteroatoms. The Hall–Kier alpha value is -1.45. The molecule has 12 nitrogen and oxygen atoms in total. The first-order valence-electron chi connectivity index (χ1n) is 19.9. The van der Waals surface area contributed by atoms with Crippen LogP contribution in [0, 0.1) is 44.3 Å². The zero-order chi connectivity index (χ0) is 38.7. The molecule has 0 amide bonds. The quantitative estimate of drug-likeness (QED) is 0.196. The summed E-state index contributed by atoms with van der Waals surface area (Å²) in [6.45, 7) is 15.5. The van der Waals surface area contributed by atoms with Crippen LogP contribution in [0.4, 0.5) is 0 Å². The van der Waals surface area contributed by atoms with Crippen LogP contribution >= 0.6 is 0 Å². The SMILES string of the molecule is CC1(C)CCC2(C(=O)O)CCC3(C)C(=C2C1)C=CC1C2(C)CCC(OC4OCC(O)C(O)C4OC4OC(CO)C(O)C(O)C4O)C(C)(C)C2CCC13C. The minimum absolute atomic E-state index is 0.0617. The molecule has 3 saturated carbocycles. The van der Waals surface area contributed by atoms with Crippen molar-refractivity contribution in [3.05, 3.63) is 23.3 Å². The van der Waals surface area contributed by atoms with E-state index in [-0.39, 0.29) is 51.6 Å². The molecule has 0 radical (unpaired) electrons. The molecular formula is C41H64O12. The van der Waals surface area contributed by atoms with Crippen LogP contribution in [0.25, 0.3) is 0 Å². The van der Waals surface area contributed by atoms with Crippen LogP contribution in [0.15, 0.2) is 23.3 Å². The first-order chi connectivity index (χ1) is 24.7. The zero-order valence-corrected chi connectivity index (χ0v) is 32.5. The molecule has 5 fully saturated rings. The molecule has 16 unspecified atom stereocenters. The fourth-order valence-corrected chi connectivity index (χ4v) is 12.7. The topological polar surface area (TPSA) is 196 Å². The number of ether oxygens (including phenoxy) is 4. The van der Waals surface area contributed by atoms with E-state index in [1.807, 2.05) is 0 Å². The van der Waals surface area contributed by atoms with Crippen molar-refractivity contribution in [3.63, 3.8) is 0 Å². The van der Waals surface area contributed by atoms with Crippen LogP contribution in [0.1, 0.15) is 106 Å². The van der Waals surface area contributed by atoms with Crippen molar-refractivity contribution in [2.75, 3.05) is 13.2 Å². The second-order valence-electron chi connectivity index (χ2n) is 19.8. The Bertz CT molecular complexity index is 1490. The van der Waals surface area contributed by atoms with E-state index >= 15 is 0 Å². The van der Waals surface area contributed by atoms with Gasteiger partial charge >= 0.3 is 5.97 Å². The second-order valence-corrected chi connectivity index (χ2v) is 19.8. The number of aliphatic carboxylic acids is 1. The number of hydrogen-bond acceptors (Lipinski definition) is 11. The molecule has 0 aromatic rings. The molecule has 5 aliphatic carbocycles. The molecular weight excluding hydrogens is 684 g/mol. The third-order valence-corrected chi connectivity index (χ3v) is 16.2. The fourth-order valence-electron chi connectivity index (χ4n) is 12.7. The van der Waals surface area contributed by atoms with Gasteiger partial charge in [0, 0.05) is 0 Å². The summed E-state index contributed by atoms with van der Waals surface area (Å²) in [5.74, 6) is -0.144. The average molecular weight is 749 g/mol. The van der Waals surface area contributed by atoms with Gasteiger partial charge < -0.3 is 54.7 Å². The van der Waals surface area contributed by atoms with Crippen LogP contribution in [-0.4, -0.2) is 116 Å². The van der Waals surface area contributed by atoms with Gasteiger partial charge in [-0.3, -0.25) is 4.79 Å². The lowest BCUT2D eigenvalue weighted by Gasteiger charge is -2.69. The lowest BCUT2D eigenvalue weighted by Crippen LogP contribution is -2.65. The fraction of sp³-hybridized carbons (Fsp3) is 0.878. The molecule has 0 aromatic carbocycles. The third kappa shape index (κ3) is 5.86. The summed E-state index contributed by atoms with van der Waals surface area (Å²) in [6.07, 6.45) is -0.946. The number of aliphatic hydroxyl groups is 6. The third-order valence-electron chi connectivity index (χ3n) is 16.2. The summed E-state index contributed by atoms with van der Waals surface area (Å²) in [5.41, 5.74) is 1.08. The van der Waals surface area contributed by atoms with Gasteiger partial charge in [0.25, 0.3) is 0 Å². The molecule has 7 rings (SSSR count). The van der Waals surface area contributed by atoms with Crippen LogP contribution in [0.3, 0.4) is 0 Å². The predicted molar refractivity (Wildman–Crippen MR) is 192 cm³/mol. The number of carbonyl (C=O) groups is 1. The highest BCUT2D eigenvalue weighted by atomic mass is 16.8. The predicted octanol–water partition coefficient (Wildman–Crippen LogP) is 3.44. The summed E-state index contributed by atoms with van der Waals surface area (Å²) in [6, 6.07) is 0. The first kappa shape index (κ1) is 39.8. The molecule has 2 aliphatic heterocycles. The second kappa shape index (κ2) is 13.3. The molecule has 53 heavy (non-hydrogen) atoms. The van der Waals surface area contributed by atoms with Crippen molar-refractivity contribution in [2.24, 2.45) is 44.3 Å². The van der Waals surface area contributed by atoms with E-state index in [1.54, 1.807) is 0 Å². The number of allylic oxidation sites excluding steroid dienone is 3. The van der Waals surface area contributed by atoms with E-state index in [9.17, 15) is 40.5 Å². The summed E-state index contributed by atoms with van der Waals surface area (Å²) in [7, 11) is 0. The highest BCUT2D eigenvalue weighted by Gasteiger charge is 2.68. The largest absolute Gasteiger partial charge is 0.481 e. The summed E-state index contributed by atoms with van der Waals surface area (Å²) < 4.78 is 24.2. The van der Waals surface area contributed by atoms with Crippen LogP contribution in [0.2, 0.25) is 0 Å². The Labute approximate surface area is 313 Å². The molecule has 0 aromatic heterocycles. The normalized spacial score (nSPS) is 51.8. The van der Waals surface area contributed by atoms with Crippen molar-refractivity contribution >= 4 is 5.97 Å². The van der Waals surface area contributed by atoms with Crippen molar-refractivity contribution in [2.45, 2.75) is 168 Å². The maximum absolute atomic E-state index is 13.0. The van der Waals surface area contributed by atoms with Crippen LogP contribution in [-0.2, 0) is 23.7 Å². The van der Waals surface area contributed by atoms with Crippen molar-refractivity contribution < 1.29 is 59.5 Å². The molecule has 7 N–H and O–H groups in total. The van der Waals surface area contributed by atoms with Gasteiger partial charge in [-0.15, -0.1) is 0 Å². The first-order valence-corrected chi connectivity index (χ1v) is 19.9. The number of fused-ring (bicyclic) bond motifs is 6. The van der Waals surface area contributed by atoms with E-state index in [1.165, 1.54) is 5.57 Å². The van der Waals surface area contributed by atoms with Gasteiger partial charge in [0.1, 0.15) is 42.7 Å². The van der Waals surface area contributed by atoms with Gasteiger partial charge in [0.2, 0.25) is 0 Å². The standard InChI is InChI=1S/C41H64O12/c1-36(2)14-16-41(35(48)49)17-15-39(6)21(22(41)18-36)8-9-26-38(5)12-11-27(37(3,4)25(38)10-13-40(26,39)7)52-34-32(28(44)23(43)20-50-34)53-33-31(47)30(46)29(45)24(19-42)51-33/h8-9,23-34,42-47H,10-20H2,1-7H3,(H,48,49). The minimum Gasteiger partial charge on any atom is -0.481 e. The van der Waals surface area contributed by atoms with E-state index < -0.39 is 73.3 Å². The Kier molecular flexibility index (Phi) is 9.99. The Balaban J connectivity index is 1.15. The summed E-state index contributed by atoms with van der Waals surface area (Å²) in [5, 5.41) is 73.3. The number of carboxylic acids is 1. The molecule has 2 heterocycles. The van der Waals surface area contributed by atoms with E-state index in [4.69, 9.17) is 18.9 Å². The number of carboxylic acid groups (broad SMARTS) is 1. The van der Waals surface area contributed by atoms with E-state index in [0.717, 1.165) is 44.1 Å². The number of aliphatic hydroxyl groups excluding tert-OH is 6. The molecule has 300 valence electrons. The Morgan fingerprint density at radius 1 is 0.830 bits per heavy atom. The van der Waals surface area contributed by atoms with Crippen molar-refractivity contribution in [1.82, 2.24) is 0 Å². The van der Waals surface area contributed by atoms with Crippen molar-refractivity contribution in [3.8, 4) is 0 Å². The Morgan fingerprint density at radius 3 is 2.21 bits per heavy atom. The molecule has 2 saturated heterocycles. The number of hydrogen-bond donors (Lipinski definition) is 7. The van der Waals surface area contributed by atoms with Gasteiger partial charge in [0.05, 0.1) is 24.7 Å². The highest BCUT2D eigenvalue weighted by molar-refractivity contribution is 5.80.